The van der Waals surface area contributed by atoms with E-state index in [1.165, 1.54) is 31.2 Å². The van der Waals surface area contributed by atoms with Gasteiger partial charge in [0.1, 0.15) is 4.90 Å². The zero-order valence-electron chi connectivity index (χ0n) is 12.6. The van der Waals surface area contributed by atoms with Crippen LogP contribution in [-0.2, 0) is 21.1 Å². The number of hydrogen-bond acceptors (Lipinski definition) is 4. The number of para-hydroxylation sites is 2. The van der Waals surface area contributed by atoms with E-state index in [4.69, 9.17) is 15.8 Å². The number of hydrogen-bond donors (Lipinski definition) is 1. The molecule has 10 heteroatoms. The molecular weight excluding hydrogens is 383 g/mol. The third-order valence-electron chi connectivity index (χ3n) is 2.93. The Morgan fingerprint density at radius 1 is 1.16 bits per heavy atom. The van der Waals surface area contributed by atoms with Gasteiger partial charge in [-0.15, -0.1) is 0 Å². The first kappa shape index (κ1) is 19.1. The van der Waals surface area contributed by atoms with Crippen LogP contribution >= 0.6 is 11.6 Å². The maximum absolute atomic E-state index is 12.8. The fourth-order valence-corrected chi connectivity index (χ4v) is 3.32. The summed E-state index contributed by atoms with van der Waals surface area (Å²) in [5.74, 6) is -0.739. The minimum absolute atomic E-state index is 0.0432. The fraction of sp³-hybridized carbons (Fsp3) is 0.133. The van der Waals surface area contributed by atoms with Crippen molar-refractivity contribution >= 4 is 33.3 Å². The molecule has 0 fully saturated rings. The minimum atomic E-state index is -4.75. The highest BCUT2D eigenvalue weighted by Crippen LogP contribution is 2.35. The number of benzene rings is 2. The molecule has 0 saturated heterocycles. The Labute approximate surface area is 146 Å². The maximum atomic E-state index is 12.8. The first-order valence-electron chi connectivity index (χ1n) is 6.68. The molecule has 1 N–H and O–H groups in total. The van der Waals surface area contributed by atoms with Gasteiger partial charge in [-0.1, -0.05) is 23.7 Å². The van der Waals surface area contributed by atoms with E-state index in [9.17, 15) is 26.4 Å². The molecule has 0 bridgehead atoms. The van der Waals surface area contributed by atoms with Crippen molar-refractivity contribution in [1.82, 2.24) is 0 Å². The molecule has 1 amide bonds. The maximum Gasteiger partial charge on any atom is 0.416 e. The third kappa shape index (κ3) is 4.64. The monoisotopic (exact) mass is 393 g/mol. The van der Waals surface area contributed by atoms with Crippen molar-refractivity contribution in [3.05, 3.63) is 53.1 Å². The Morgan fingerprint density at radius 3 is 2.40 bits per heavy atom. The zero-order chi connectivity index (χ0) is 18.8. The predicted molar refractivity (Wildman–Crippen MR) is 85.0 cm³/mol. The second kappa shape index (κ2) is 6.93. The van der Waals surface area contributed by atoms with Crippen LogP contribution in [0.15, 0.2) is 47.4 Å². The second-order valence-corrected chi connectivity index (χ2v) is 6.78. The molecule has 2 aromatic carbocycles. The van der Waals surface area contributed by atoms with E-state index in [2.05, 4.69) is 5.32 Å². The Kier molecular flexibility index (Phi) is 5.28. The summed E-state index contributed by atoms with van der Waals surface area (Å²) in [5, 5.41) is 1.93. The molecule has 0 radical (unpaired) electrons. The molecule has 0 atom stereocenters. The van der Waals surface area contributed by atoms with E-state index >= 15 is 0 Å². The first-order chi connectivity index (χ1) is 11.5. The minimum Gasteiger partial charge on any atom is -0.377 e. The lowest BCUT2D eigenvalue weighted by Gasteiger charge is -2.14. The summed E-state index contributed by atoms with van der Waals surface area (Å²) >= 11 is 5.72. The van der Waals surface area contributed by atoms with Gasteiger partial charge in [0.05, 0.1) is 16.3 Å². The van der Waals surface area contributed by atoms with Gasteiger partial charge < -0.3 is 9.50 Å². The van der Waals surface area contributed by atoms with Crippen LogP contribution in [-0.4, -0.2) is 14.3 Å². The lowest BCUT2D eigenvalue weighted by Crippen LogP contribution is -2.15. The van der Waals surface area contributed by atoms with Crippen molar-refractivity contribution in [2.45, 2.75) is 18.0 Å². The molecule has 0 saturated carbocycles. The highest BCUT2D eigenvalue weighted by atomic mass is 35.5. The lowest BCUT2D eigenvalue weighted by atomic mass is 10.2. The quantitative estimate of drug-likeness (QED) is 0.794. The van der Waals surface area contributed by atoms with Crippen LogP contribution in [0.25, 0.3) is 0 Å². The van der Waals surface area contributed by atoms with Crippen LogP contribution in [0, 0.1) is 0 Å². The number of alkyl halides is 3. The number of halogens is 4. The highest BCUT2D eigenvalue weighted by molar-refractivity contribution is 7.87. The van der Waals surface area contributed by atoms with Gasteiger partial charge in [0.25, 0.3) is 0 Å². The van der Waals surface area contributed by atoms with Gasteiger partial charge in [-0.3, -0.25) is 4.79 Å². The Balaban J connectivity index is 2.46. The average molecular weight is 394 g/mol. The van der Waals surface area contributed by atoms with Gasteiger partial charge >= 0.3 is 16.3 Å². The normalized spacial score (nSPS) is 11.9. The molecule has 5 nitrogen and oxygen atoms in total. The standard InChI is InChI=1S/C15H11ClF3NO4S/c1-9(21)20-12-4-2-3-5-13(12)24-25(22,23)14-8-10(15(17,18)19)6-7-11(14)16/h2-8H,1H3,(H,20,21). The van der Waals surface area contributed by atoms with E-state index in [-0.39, 0.29) is 11.4 Å². The molecule has 2 rings (SSSR count). The van der Waals surface area contributed by atoms with Crippen LogP contribution in [0.3, 0.4) is 0 Å². The zero-order valence-corrected chi connectivity index (χ0v) is 14.2. The Bertz CT molecular complexity index is 913. The molecule has 0 spiro atoms. The van der Waals surface area contributed by atoms with Crippen molar-refractivity contribution in [2.24, 2.45) is 0 Å². The fourth-order valence-electron chi connectivity index (χ4n) is 1.87. The number of anilines is 1. The van der Waals surface area contributed by atoms with E-state index < -0.39 is 37.7 Å². The number of nitrogens with one attached hydrogen (secondary N) is 1. The summed E-state index contributed by atoms with van der Waals surface area (Å²) in [5.41, 5.74) is -1.14. The molecule has 2 aromatic rings. The molecule has 0 aliphatic rings. The van der Waals surface area contributed by atoms with Crippen molar-refractivity contribution in [3.8, 4) is 5.75 Å². The molecule has 0 aromatic heterocycles. The summed E-state index contributed by atoms with van der Waals surface area (Å²) in [7, 11) is -4.67. The molecule has 134 valence electrons. The molecule has 0 unspecified atom stereocenters. The Morgan fingerprint density at radius 2 is 1.80 bits per heavy atom. The predicted octanol–water partition coefficient (Wildman–Crippen LogP) is 4.08. The van der Waals surface area contributed by atoms with Crippen LogP contribution in [0.1, 0.15) is 12.5 Å². The van der Waals surface area contributed by atoms with Crippen LogP contribution in [0.2, 0.25) is 5.02 Å². The van der Waals surface area contributed by atoms with Crippen molar-refractivity contribution in [1.29, 1.82) is 0 Å². The van der Waals surface area contributed by atoms with Crippen LogP contribution in [0.5, 0.6) is 5.75 Å². The summed E-state index contributed by atoms with van der Waals surface area (Å²) in [4.78, 5) is 10.3. The van der Waals surface area contributed by atoms with E-state index in [1.807, 2.05) is 0 Å². The molecule has 0 heterocycles. The van der Waals surface area contributed by atoms with Crippen molar-refractivity contribution < 1.29 is 30.6 Å². The number of amides is 1. The van der Waals surface area contributed by atoms with E-state index in [0.29, 0.717) is 12.1 Å². The molecular formula is C15H11ClF3NO4S. The van der Waals surface area contributed by atoms with Crippen molar-refractivity contribution in [2.75, 3.05) is 5.32 Å². The lowest BCUT2D eigenvalue weighted by molar-refractivity contribution is -0.137. The largest absolute Gasteiger partial charge is 0.416 e. The molecule has 0 aliphatic heterocycles. The van der Waals surface area contributed by atoms with E-state index in [1.54, 1.807) is 0 Å². The summed E-state index contributed by atoms with van der Waals surface area (Å²) in [6.45, 7) is 1.20. The molecule has 0 aliphatic carbocycles. The number of rotatable bonds is 4. The topological polar surface area (TPSA) is 72.5 Å². The number of carbonyl (C=O) groups is 1. The van der Waals surface area contributed by atoms with Gasteiger partial charge in [-0.25, -0.2) is 0 Å². The van der Waals surface area contributed by atoms with Crippen LogP contribution < -0.4 is 9.50 Å². The van der Waals surface area contributed by atoms with E-state index in [0.717, 1.165) is 6.07 Å². The van der Waals surface area contributed by atoms with Crippen LogP contribution in [0.4, 0.5) is 18.9 Å². The SMILES string of the molecule is CC(=O)Nc1ccccc1OS(=O)(=O)c1cc(C(F)(F)F)ccc1Cl. The van der Waals surface area contributed by atoms with Gasteiger partial charge in [-0.05, 0) is 30.3 Å². The summed E-state index contributed by atoms with van der Waals surface area (Å²) < 4.78 is 68.0. The average Bonchev–Trinajstić information content (AvgIpc) is 2.47. The summed E-state index contributed by atoms with van der Waals surface area (Å²) in [6, 6.07) is 7.43. The number of carbonyl (C=O) groups excluding carboxylic acids is 1. The van der Waals surface area contributed by atoms with Gasteiger partial charge in [0, 0.05) is 6.92 Å². The summed E-state index contributed by atoms with van der Waals surface area (Å²) in [6.07, 6.45) is -4.75. The second-order valence-electron chi connectivity index (χ2n) is 4.86. The van der Waals surface area contributed by atoms with Gasteiger partial charge in [0.15, 0.2) is 5.75 Å². The van der Waals surface area contributed by atoms with Gasteiger partial charge in [-0.2, -0.15) is 21.6 Å². The third-order valence-corrected chi connectivity index (χ3v) is 4.64. The Hall–Kier alpha value is -2.26. The molecule has 25 heavy (non-hydrogen) atoms. The van der Waals surface area contributed by atoms with Gasteiger partial charge in [0.2, 0.25) is 5.91 Å². The first-order valence-corrected chi connectivity index (χ1v) is 8.47. The highest BCUT2D eigenvalue weighted by Gasteiger charge is 2.33. The smallest absolute Gasteiger partial charge is 0.377 e. The van der Waals surface area contributed by atoms with Crippen molar-refractivity contribution in [3.63, 3.8) is 0 Å².